The summed E-state index contributed by atoms with van der Waals surface area (Å²) in [5, 5.41) is 2.86. The Labute approximate surface area is 165 Å². The number of amides is 1. The van der Waals surface area contributed by atoms with Crippen LogP contribution in [0.25, 0.3) is 0 Å². The number of hydrogen-bond acceptors (Lipinski definition) is 3. The van der Waals surface area contributed by atoms with Crippen molar-refractivity contribution in [3.8, 4) is 0 Å². The summed E-state index contributed by atoms with van der Waals surface area (Å²) in [5.41, 5.74) is 1.56. The molecule has 0 aliphatic rings. The van der Waals surface area contributed by atoms with Crippen LogP contribution < -0.4 is 5.32 Å². The number of hydrogen-bond donors (Lipinski definition) is 1. The second-order valence-electron chi connectivity index (χ2n) is 5.53. The number of carbonyl (C=O) groups is 2. The van der Waals surface area contributed by atoms with Crippen molar-refractivity contribution < 1.29 is 9.59 Å². The zero-order valence-electron chi connectivity index (χ0n) is 13.8. The molecule has 0 radical (unpaired) electrons. The molecule has 0 aliphatic carbocycles. The van der Waals surface area contributed by atoms with Gasteiger partial charge in [-0.25, -0.2) is 0 Å². The highest BCUT2D eigenvalue weighted by Crippen LogP contribution is 2.25. The summed E-state index contributed by atoms with van der Waals surface area (Å²) in [7, 11) is 0. The van der Waals surface area contributed by atoms with Gasteiger partial charge < -0.3 is 5.32 Å². The minimum atomic E-state index is -0.150. The highest BCUT2D eigenvalue weighted by molar-refractivity contribution is 9.10. The lowest BCUT2D eigenvalue weighted by molar-refractivity contribution is -0.113. The van der Waals surface area contributed by atoms with Gasteiger partial charge in [-0.3, -0.25) is 9.59 Å². The molecule has 0 saturated heterocycles. The lowest BCUT2D eigenvalue weighted by Crippen LogP contribution is -2.17. The lowest BCUT2D eigenvalue weighted by Gasteiger charge is -2.11. The first-order valence-electron chi connectivity index (χ1n) is 8.00. The van der Waals surface area contributed by atoms with Crippen molar-refractivity contribution in [2.75, 3.05) is 11.1 Å². The number of ketones is 1. The van der Waals surface area contributed by atoms with Crippen molar-refractivity contribution in [2.45, 2.75) is 4.90 Å². The van der Waals surface area contributed by atoms with Crippen molar-refractivity contribution >= 4 is 45.1 Å². The van der Waals surface area contributed by atoms with E-state index >= 15 is 0 Å². The number of nitrogens with one attached hydrogen (secondary N) is 1. The molecule has 26 heavy (non-hydrogen) atoms. The van der Waals surface area contributed by atoms with Gasteiger partial charge in [-0.15, -0.1) is 11.8 Å². The first-order valence-corrected chi connectivity index (χ1v) is 9.78. The third kappa shape index (κ3) is 4.84. The maximum atomic E-state index is 12.8. The molecular weight excluding hydrogens is 410 g/mol. The topological polar surface area (TPSA) is 46.2 Å². The molecule has 0 aromatic heterocycles. The molecule has 0 unspecified atom stereocenters. The molecule has 3 rings (SSSR count). The predicted molar refractivity (Wildman–Crippen MR) is 110 cm³/mol. The fourth-order valence-corrected chi connectivity index (χ4v) is 3.49. The minimum Gasteiger partial charge on any atom is -0.325 e. The largest absolute Gasteiger partial charge is 0.325 e. The minimum absolute atomic E-state index is 0.127. The van der Waals surface area contributed by atoms with E-state index in [1.165, 1.54) is 11.8 Å². The van der Waals surface area contributed by atoms with Crippen molar-refractivity contribution in [1.29, 1.82) is 0 Å². The monoisotopic (exact) mass is 425 g/mol. The summed E-state index contributed by atoms with van der Waals surface area (Å²) in [4.78, 5) is 26.2. The Hall–Kier alpha value is -2.37. The van der Waals surface area contributed by atoms with Gasteiger partial charge in [-0.1, -0.05) is 64.5 Å². The Morgan fingerprint density at radius 2 is 1.54 bits per heavy atom. The van der Waals surface area contributed by atoms with Gasteiger partial charge in [0.05, 0.1) is 11.4 Å². The Balaban J connectivity index is 1.75. The molecule has 0 heterocycles. The summed E-state index contributed by atoms with van der Waals surface area (Å²) in [6.45, 7) is 0. The van der Waals surface area contributed by atoms with Crippen LogP contribution in [0.3, 0.4) is 0 Å². The average molecular weight is 426 g/mol. The van der Waals surface area contributed by atoms with Crippen LogP contribution in [0.5, 0.6) is 0 Å². The van der Waals surface area contributed by atoms with E-state index in [4.69, 9.17) is 0 Å². The lowest BCUT2D eigenvalue weighted by atomic mass is 10.0. The molecular formula is C21H16BrNO2S. The second kappa shape index (κ2) is 8.83. The van der Waals surface area contributed by atoms with Gasteiger partial charge in [0.15, 0.2) is 5.78 Å². The SMILES string of the molecule is O=C(CSc1ccccc1)Nc1ccc(Br)cc1C(=O)c1ccccc1. The summed E-state index contributed by atoms with van der Waals surface area (Å²) < 4.78 is 0.786. The fourth-order valence-electron chi connectivity index (χ4n) is 2.41. The van der Waals surface area contributed by atoms with E-state index in [2.05, 4.69) is 21.2 Å². The number of thioether (sulfide) groups is 1. The van der Waals surface area contributed by atoms with Crippen LogP contribution in [0, 0.1) is 0 Å². The van der Waals surface area contributed by atoms with Gasteiger partial charge in [0.2, 0.25) is 5.91 Å². The summed E-state index contributed by atoms with van der Waals surface area (Å²) in [6.07, 6.45) is 0. The number of anilines is 1. The molecule has 0 saturated carbocycles. The molecule has 1 N–H and O–H groups in total. The molecule has 0 atom stereocenters. The van der Waals surface area contributed by atoms with E-state index in [1.54, 1.807) is 24.3 Å². The van der Waals surface area contributed by atoms with E-state index in [0.717, 1.165) is 9.37 Å². The molecule has 0 bridgehead atoms. The zero-order valence-corrected chi connectivity index (χ0v) is 16.2. The molecule has 130 valence electrons. The van der Waals surface area contributed by atoms with Crippen molar-refractivity contribution in [3.63, 3.8) is 0 Å². The Morgan fingerprint density at radius 1 is 0.885 bits per heavy atom. The molecule has 5 heteroatoms. The molecule has 3 nitrogen and oxygen atoms in total. The van der Waals surface area contributed by atoms with Gasteiger partial charge >= 0.3 is 0 Å². The van der Waals surface area contributed by atoms with E-state index in [0.29, 0.717) is 16.8 Å². The highest BCUT2D eigenvalue weighted by Gasteiger charge is 2.16. The number of rotatable bonds is 6. The zero-order chi connectivity index (χ0) is 18.4. The van der Waals surface area contributed by atoms with E-state index in [9.17, 15) is 9.59 Å². The van der Waals surface area contributed by atoms with Crippen LogP contribution in [0.2, 0.25) is 0 Å². The van der Waals surface area contributed by atoms with Gasteiger partial charge in [0.25, 0.3) is 0 Å². The van der Waals surface area contributed by atoms with Crippen LogP contribution in [0.4, 0.5) is 5.69 Å². The molecule has 3 aromatic carbocycles. The Kier molecular flexibility index (Phi) is 6.26. The van der Waals surface area contributed by atoms with Crippen molar-refractivity contribution in [1.82, 2.24) is 0 Å². The van der Waals surface area contributed by atoms with Crippen molar-refractivity contribution in [2.24, 2.45) is 0 Å². The smallest absolute Gasteiger partial charge is 0.234 e. The average Bonchev–Trinajstić information content (AvgIpc) is 2.69. The van der Waals surface area contributed by atoms with Gasteiger partial charge in [0.1, 0.15) is 0 Å². The number of halogens is 1. The summed E-state index contributed by atoms with van der Waals surface area (Å²) >= 11 is 4.85. The standard InChI is InChI=1S/C21H16BrNO2S/c22-16-11-12-19(18(13-16)21(25)15-7-3-1-4-8-15)23-20(24)14-26-17-9-5-2-6-10-17/h1-13H,14H2,(H,23,24). The Morgan fingerprint density at radius 3 is 2.23 bits per heavy atom. The van der Waals surface area contributed by atoms with Crippen LogP contribution in [0.1, 0.15) is 15.9 Å². The van der Waals surface area contributed by atoms with Crippen molar-refractivity contribution in [3.05, 3.63) is 94.5 Å². The maximum Gasteiger partial charge on any atom is 0.234 e. The highest BCUT2D eigenvalue weighted by atomic mass is 79.9. The fraction of sp³-hybridized carbons (Fsp3) is 0.0476. The number of carbonyl (C=O) groups excluding carboxylic acids is 2. The molecule has 0 aliphatic heterocycles. The van der Waals surface area contributed by atoms with Gasteiger partial charge in [0, 0.05) is 20.5 Å². The van der Waals surface area contributed by atoms with Crippen LogP contribution >= 0.6 is 27.7 Å². The molecule has 0 spiro atoms. The third-order valence-corrected chi connectivity index (χ3v) is 5.15. The van der Waals surface area contributed by atoms with Gasteiger partial charge in [-0.2, -0.15) is 0 Å². The Bertz CT molecular complexity index is 914. The number of benzene rings is 3. The quantitative estimate of drug-likeness (QED) is 0.424. The first-order chi connectivity index (χ1) is 12.6. The summed E-state index contributed by atoms with van der Waals surface area (Å²) in [6, 6.07) is 24.0. The van der Waals surface area contributed by atoms with E-state index in [1.807, 2.05) is 54.6 Å². The summed E-state index contributed by atoms with van der Waals surface area (Å²) in [5.74, 6) is 0.000163. The molecule has 3 aromatic rings. The first kappa shape index (κ1) is 18.4. The van der Waals surface area contributed by atoms with E-state index < -0.39 is 0 Å². The van der Waals surface area contributed by atoms with Gasteiger partial charge in [-0.05, 0) is 30.3 Å². The van der Waals surface area contributed by atoms with Crippen LogP contribution in [-0.4, -0.2) is 17.4 Å². The predicted octanol–water partition coefficient (Wildman–Crippen LogP) is 5.41. The van der Waals surface area contributed by atoms with E-state index in [-0.39, 0.29) is 17.4 Å². The maximum absolute atomic E-state index is 12.8. The second-order valence-corrected chi connectivity index (χ2v) is 7.50. The van der Waals surface area contributed by atoms with Crippen LogP contribution in [-0.2, 0) is 4.79 Å². The normalized spacial score (nSPS) is 10.3. The molecule has 1 amide bonds. The molecule has 0 fully saturated rings. The van der Waals surface area contributed by atoms with Crippen LogP contribution in [0.15, 0.2) is 88.2 Å². The third-order valence-electron chi connectivity index (χ3n) is 3.65.